The standard InChI is InChI=1S/C16H14N6O/c17-15(23)14-13(16-21-20-9-22(16)10-4-5-10)11(6-8-19-14)12-3-1-2-7-18-12/h1-3,6-10H,4-5H2,(H2,17,23). The van der Waals surface area contributed by atoms with Crippen molar-refractivity contribution in [2.45, 2.75) is 18.9 Å². The molecule has 0 bridgehead atoms. The van der Waals surface area contributed by atoms with Crippen LogP contribution in [0.15, 0.2) is 43.0 Å². The number of carbonyl (C=O) groups is 1. The Hall–Kier alpha value is -3.09. The van der Waals surface area contributed by atoms with Gasteiger partial charge in [-0.25, -0.2) is 0 Å². The number of nitrogens with zero attached hydrogens (tertiary/aromatic N) is 5. The summed E-state index contributed by atoms with van der Waals surface area (Å²) in [6.07, 6.45) is 7.11. The van der Waals surface area contributed by atoms with Gasteiger partial charge in [0.15, 0.2) is 5.82 Å². The van der Waals surface area contributed by atoms with Gasteiger partial charge in [-0.1, -0.05) is 6.07 Å². The molecule has 7 heteroatoms. The van der Waals surface area contributed by atoms with E-state index in [2.05, 4.69) is 20.2 Å². The van der Waals surface area contributed by atoms with Crippen LogP contribution >= 0.6 is 0 Å². The smallest absolute Gasteiger partial charge is 0.268 e. The van der Waals surface area contributed by atoms with E-state index in [1.54, 1.807) is 18.7 Å². The third-order valence-electron chi connectivity index (χ3n) is 3.86. The number of amides is 1. The summed E-state index contributed by atoms with van der Waals surface area (Å²) in [5.74, 6) is 0.0122. The molecule has 3 aromatic heterocycles. The molecule has 3 aromatic rings. The SMILES string of the molecule is NC(=O)c1nccc(-c2ccccn2)c1-c1nncn1C1CC1. The molecule has 0 radical (unpaired) electrons. The Morgan fingerprint density at radius 2 is 2.04 bits per heavy atom. The van der Waals surface area contributed by atoms with Crippen LogP contribution in [0.2, 0.25) is 0 Å². The predicted molar refractivity (Wildman–Crippen MR) is 83.3 cm³/mol. The summed E-state index contributed by atoms with van der Waals surface area (Å²) in [5.41, 5.74) is 7.80. The molecule has 0 aliphatic heterocycles. The minimum Gasteiger partial charge on any atom is -0.364 e. The average Bonchev–Trinajstić information content (AvgIpc) is 3.32. The molecule has 1 saturated carbocycles. The molecule has 23 heavy (non-hydrogen) atoms. The van der Waals surface area contributed by atoms with Crippen molar-refractivity contribution in [2.75, 3.05) is 0 Å². The molecule has 1 aliphatic carbocycles. The van der Waals surface area contributed by atoms with Crippen molar-refractivity contribution in [1.82, 2.24) is 24.7 Å². The molecule has 0 atom stereocenters. The lowest BCUT2D eigenvalue weighted by Crippen LogP contribution is -2.16. The normalized spacial score (nSPS) is 13.9. The maximum absolute atomic E-state index is 11.9. The first kappa shape index (κ1) is 13.6. The molecule has 7 nitrogen and oxygen atoms in total. The van der Waals surface area contributed by atoms with Gasteiger partial charge in [-0.15, -0.1) is 10.2 Å². The maximum Gasteiger partial charge on any atom is 0.268 e. The molecule has 0 saturated heterocycles. The third kappa shape index (κ3) is 2.36. The van der Waals surface area contributed by atoms with Crippen molar-refractivity contribution >= 4 is 5.91 Å². The van der Waals surface area contributed by atoms with Gasteiger partial charge in [-0.2, -0.15) is 0 Å². The van der Waals surface area contributed by atoms with Crippen molar-refractivity contribution in [1.29, 1.82) is 0 Å². The summed E-state index contributed by atoms with van der Waals surface area (Å²) < 4.78 is 1.98. The van der Waals surface area contributed by atoms with E-state index in [4.69, 9.17) is 5.73 Å². The number of hydrogen-bond acceptors (Lipinski definition) is 5. The zero-order chi connectivity index (χ0) is 15.8. The zero-order valence-corrected chi connectivity index (χ0v) is 12.3. The lowest BCUT2D eigenvalue weighted by molar-refractivity contribution is 0.0996. The van der Waals surface area contributed by atoms with Gasteiger partial charge in [0.05, 0.1) is 11.3 Å². The van der Waals surface area contributed by atoms with Crippen molar-refractivity contribution in [3.63, 3.8) is 0 Å². The first-order chi connectivity index (χ1) is 11.3. The van der Waals surface area contributed by atoms with E-state index in [1.807, 2.05) is 28.8 Å². The van der Waals surface area contributed by atoms with Crippen molar-refractivity contribution in [2.24, 2.45) is 5.73 Å². The Kier molecular flexibility index (Phi) is 3.11. The molecule has 1 aliphatic rings. The number of primary amides is 1. The Labute approximate surface area is 132 Å². The van der Waals surface area contributed by atoms with Gasteiger partial charge >= 0.3 is 0 Å². The Bertz CT molecular complexity index is 869. The van der Waals surface area contributed by atoms with Gasteiger partial charge in [0.25, 0.3) is 5.91 Å². The number of aromatic nitrogens is 5. The van der Waals surface area contributed by atoms with E-state index < -0.39 is 5.91 Å². The van der Waals surface area contributed by atoms with Gasteiger partial charge < -0.3 is 10.3 Å². The van der Waals surface area contributed by atoms with Crippen LogP contribution in [-0.2, 0) is 0 Å². The topological polar surface area (TPSA) is 99.6 Å². The quantitative estimate of drug-likeness (QED) is 0.792. The third-order valence-corrected chi connectivity index (χ3v) is 3.86. The van der Waals surface area contributed by atoms with E-state index in [0.717, 1.165) is 24.1 Å². The highest BCUT2D eigenvalue weighted by Crippen LogP contribution is 2.40. The molecule has 0 spiro atoms. The number of hydrogen-bond donors (Lipinski definition) is 1. The maximum atomic E-state index is 11.9. The Morgan fingerprint density at radius 3 is 2.74 bits per heavy atom. The summed E-state index contributed by atoms with van der Waals surface area (Å²) >= 11 is 0. The number of rotatable bonds is 4. The van der Waals surface area contributed by atoms with E-state index >= 15 is 0 Å². The highest BCUT2D eigenvalue weighted by atomic mass is 16.1. The monoisotopic (exact) mass is 306 g/mol. The Balaban J connectivity index is 1.99. The summed E-state index contributed by atoms with van der Waals surface area (Å²) in [6.45, 7) is 0. The van der Waals surface area contributed by atoms with Crippen LogP contribution in [-0.4, -0.2) is 30.6 Å². The molecule has 0 unspecified atom stereocenters. The number of carbonyl (C=O) groups excluding carboxylic acids is 1. The molecule has 1 fully saturated rings. The predicted octanol–water partition coefficient (Wildman–Crippen LogP) is 1.84. The van der Waals surface area contributed by atoms with Gasteiger partial charge in [0, 0.05) is 24.0 Å². The number of nitrogens with two attached hydrogens (primary N) is 1. The summed E-state index contributed by atoms with van der Waals surface area (Å²) in [7, 11) is 0. The van der Waals surface area contributed by atoms with E-state index in [9.17, 15) is 4.79 Å². The highest BCUT2D eigenvalue weighted by molar-refractivity contribution is 6.00. The average molecular weight is 306 g/mol. The van der Waals surface area contributed by atoms with Crippen LogP contribution < -0.4 is 5.73 Å². The van der Waals surface area contributed by atoms with Gasteiger partial charge in [-0.05, 0) is 31.0 Å². The van der Waals surface area contributed by atoms with Gasteiger partial charge in [0.1, 0.15) is 12.0 Å². The number of pyridine rings is 2. The fourth-order valence-corrected chi connectivity index (χ4v) is 2.65. The summed E-state index contributed by atoms with van der Waals surface area (Å²) in [5, 5.41) is 8.22. The van der Waals surface area contributed by atoms with E-state index in [-0.39, 0.29) is 5.69 Å². The fourth-order valence-electron chi connectivity index (χ4n) is 2.65. The minimum absolute atomic E-state index is 0.183. The summed E-state index contributed by atoms with van der Waals surface area (Å²) in [6, 6.07) is 7.79. The Morgan fingerprint density at radius 1 is 1.17 bits per heavy atom. The van der Waals surface area contributed by atoms with Gasteiger partial charge in [-0.3, -0.25) is 14.8 Å². The van der Waals surface area contributed by atoms with Crippen LogP contribution in [0.3, 0.4) is 0 Å². The molecule has 3 heterocycles. The van der Waals surface area contributed by atoms with Crippen molar-refractivity contribution < 1.29 is 4.79 Å². The second kappa shape index (κ2) is 5.28. The molecule has 2 N–H and O–H groups in total. The molecule has 114 valence electrons. The molecular weight excluding hydrogens is 292 g/mol. The van der Waals surface area contributed by atoms with E-state index in [1.165, 1.54) is 0 Å². The second-order valence-corrected chi connectivity index (χ2v) is 5.45. The van der Waals surface area contributed by atoms with Crippen molar-refractivity contribution in [3.05, 3.63) is 48.7 Å². The molecular formula is C16H14N6O. The minimum atomic E-state index is -0.594. The highest BCUT2D eigenvalue weighted by Gasteiger charge is 2.29. The van der Waals surface area contributed by atoms with Crippen LogP contribution in [0.4, 0.5) is 0 Å². The van der Waals surface area contributed by atoms with E-state index in [0.29, 0.717) is 17.4 Å². The van der Waals surface area contributed by atoms with Gasteiger partial charge in [0.2, 0.25) is 0 Å². The van der Waals surface area contributed by atoms with Crippen LogP contribution in [0, 0.1) is 0 Å². The largest absolute Gasteiger partial charge is 0.364 e. The molecule has 0 aromatic carbocycles. The zero-order valence-electron chi connectivity index (χ0n) is 12.3. The first-order valence-corrected chi connectivity index (χ1v) is 7.36. The second-order valence-electron chi connectivity index (χ2n) is 5.45. The van der Waals surface area contributed by atoms with Crippen LogP contribution in [0.1, 0.15) is 29.4 Å². The lowest BCUT2D eigenvalue weighted by atomic mass is 10.0. The van der Waals surface area contributed by atoms with Crippen LogP contribution in [0.25, 0.3) is 22.6 Å². The molecule has 4 rings (SSSR count). The first-order valence-electron chi connectivity index (χ1n) is 7.36. The fraction of sp³-hybridized carbons (Fsp3) is 0.188. The molecule has 1 amide bonds. The van der Waals surface area contributed by atoms with Crippen LogP contribution in [0.5, 0.6) is 0 Å². The van der Waals surface area contributed by atoms with Crippen molar-refractivity contribution in [3.8, 4) is 22.6 Å². The summed E-state index contributed by atoms with van der Waals surface area (Å²) in [4.78, 5) is 20.4. The lowest BCUT2D eigenvalue weighted by Gasteiger charge is -2.12.